The number of thiazole rings is 1. The van der Waals surface area contributed by atoms with Crippen LogP contribution in [0.4, 0.5) is 0 Å². The number of carboxylic acid groups (broad SMARTS) is 1. The lowest BCUT2D eigenvalue weighted by Gasteiger charge is -2.19. The Morgan fingerprint density at radius 3 is 2.67 bits per heavy atom. The number of aliphatic hydroxyl groups is 1. The Bertz CT molecular complexity index is 505. The number of nitrogens with zero attached hydrogens (tertiary/aromatic N) is 2. The van der Waals surface area contributed by atoms with Crippen LogP contribution in [0.3, 0.4) is 0 Å². The summed E-state index contributed by atoms with van der Waals surface area (Å²) in [5.74, 6) is -1.38. The SMILES string of the molecule is CCCN(CCO)S(=O)(=O)c1scnc1C(=O)O. The molecule has 0 atom stereocenters. The number of sulfonamides is 1. The Balaban J connectivity index is 3.18. The predicted octanol–water partition coefficient (Wildman–Crippen LogP) is 0.234. The van der Waals surface area contributed by atoms with E-state index in [9.17, 15) is 13.2 Å². The van der Waals surface area contributed by atoms with Crippen LogP contribution in [0.15, 0.2) is 9.72 Å². The van der Waals surface area contributed by atoms with Gasteiger partial charge in [-0.2, -0.15) is 4.31 Å². The number of hydrogen-bond donors (Lipinski definition) is 2. The maximum Gasteiger partial charge on any atom is 0.356 e. The fourth-order valence-electron chi connectivity index (χ4n) is 1.39. The molecule has 0 radical (unpaired) electrons. The second-order valence-corrected chi connectivity index (χ2v) is 6.41. The van der Waals surface area contributed by atoms with Crippen molar-refractivity contribution in [2.45, 2.75) is 17.6 Å². The lowest BCUT2D eigenvalue weighted by atomic mass is 10.5. The molecule has 1 rings (SSSR count). The summed E-state index contributed by atoms with van der Waals surface area (Å²) in [7, 11) is -3.91. The molecule has 0 aromatic carbocycles. The van der Waals surface area contributed by atoms with Gasteiger partial charge in [0.05, 0.1) is 12.1 Å². The van der Waals surface area contributed by atoms with E-state index in [0.29, 0.717) is 6.42 Å². The van der Waals surface area contributed by atoms with E-state index in [4.69, 9.17) is 10.2 Å². The Labute approximate surface area is 109 Å². The molecule has 9 heteroatoms. The number of rotatable bonds is 7. The summed E-state index contributed by atoms with van der Waals surface area (Å²) < 4.78 is 25.2. The van der Waals surface area contributed by atoms with Crippen molar-refractivity contribution in [1.29, 1.82) is 0 Å². The summed E-state index contributed by atoms with van der Waals surface area (Å²) in [4.78, 5) is 14.4. The lowest BCUT2D eigenvalue weighted by molar-refractivity contribution is 0.0687. The molecule has 0 saturated carbocycles. The predicted molar refractivity (Wildman–Crippen MR) is 65.2 cm³/mol. The highest BCUT2D eigenvalue weighted by Gasteiger charge is 2.30. The van der Waals surface area contributed by atoms with Crippen LogP contribution in [0.2, 0.25) is 0 Å². The topological polar surface area (TPSA) is 108 Å². The molecule has 1 heterocycles. The third-order valence-corrected chi connectivity index (χ3v) is 5.38. The largest absolute Gasteiger partial charge is 0.476 e. The minimum absolute atomic E-state index is 0.0624. The van der Waals surface area contributed by atoms with E-state index in [0.717, 1.165) is 15.6 Å². The van der Waals surface area contributed by atoms with Gasteiger partial charge in [-0.05, 0) is 6.42 Å². The third-order valence-electron chi connectivity index (χ3n) is 2.13. The highest BCUT2D eigenvalue weighted by Crippen LogP contribution is 2.24. The average molecular weight is 294 g/mol. The number of aromatic carboxylic acids is 1. The van der Waals surface area contributed by atoms with Gasteiger partial charge in [-0.1, -0.05) is 6.92 Å². The van der Waals surface area contributed by atoms with Crippen molar-refractivity contribution in [2.24, 2.45) is 0 Å². The molecule has 2 N–H and O–H groups in total. The van der Waals surface area contributed by atoms with E-state index in [2.05, 4.69) is 4.98 Å². The van der Waals surface area contributed by atoms with Crippen molar-refractivity contribution in [1.82, 2.24) is 9.29 Å². The molecular formula is C9H14N2O5S2. The first-order chi connectivity index (χ1) is 8.45. The van der Waals surface area contributed by atoms with E-state index in [1.54, 1.807) is 6.92 Å². The molecule has 7 nitrogen and oxygen atoms in total. The van der Waals surface area contributed by atoms with Crippen LogP contribution in [0.25, 0.3) is 0 Å². The van der Waals surface area contributed by atoms with Gasteiger partial charge < -0.3 is 10.2 Å². The molecule has 0 spiro atoms. The van der Waals surface area contributed by atoms with Crippen molar-refractivity contribution >= 4 is 27.3 Å². The number of aliphatic hydroxyl groups excluding tert-OH is 1. The van der Waals surface area contributed by atoms with E-state index in [1.807, 2.05) is 0 Å². The normalized spacial score (nSPS) is 11.9. The van der Waals surface area contributed by atoms with E-state index >= 15 is 0 Å². The third kappa shape index (κ3) is 3.05. The monoisotopic (exact) mass is 294 g/mol. The Morgan fingerprint density at radius 1 is 1.50 bits per heavy atom. The molecule has 0 bridgehead atoms. The van der Waals surface area contributed by atoms with Crippen molar-refractivity contribution in [3.8, 4) is 0 Å². The van der Waals surface area contributed by atoms with Crippen LogP contribution in [0, 0.1) is 0 Å². The van der Waals surface area contributed by atoms with Crippen LogP contribution in [-0.4, -0.2) is 53.6 Å². The fourth-order valence-corrected chi connectivity index (χ4v) is 4.19. The van der Waals surface area contributed by atoms with Gasteiger partial charge in [0.2, 0.25) is 0 Å². The van der Waals surface area contributed by atoms with Gasteiger partial charge in [0.15, 0.2) is 9.90 Å². The summed E-state index contributed by atoms with van der Waals surface area (Å²) in [5.41, 5.74) is 0.707. The number of hydrogen-bond acceptors (Lipinski definition) is 6. The summed E-state index contributed by atoms with van der Waals surface area (Å²) in [6, 6.07) is 0. The zero-order valence-electron chi connectivity index (χ0n) is 9.74. The molecule has 0 saturated heterocycles. The van der Waals surface area contributed by atoms with Crippen molar-refractivity contribution in [3.63, 3.8) is 0 Å². The van der Waals surface area contributed by atoms with Gasteiger partial charge in [0.25, 0.3) is 10.0 Å². The maximum absolute atomic E-state index is 12.2. The van der Waals surface area contributed by atoms with Crippen LogP contribution >= 0.6 is 11.3 Å². The molecule has 0 aliphatic carbocycles. The quantitative estimate of drug-likeness (QED) is 0.745. The summed E-state index contributed by atoms with van der Waals surface area (Å²) >= 11 is 0.762. The Morgan fingerprint density at radius 2 is 2.17 bits per heavy atom. The summed E-state index contributed by atoms with van der Waals surface area (Å²) in [6.45, 7) is 1.64. The van der Waals surface area contributed by atoms with Crippen LogP contribution < -0.4 is 0 Å². The molecule has 0 aliphatic heterocycles. The summed E-state index contributed by atoms with van der Waals surface area (Å²) in [5, 5.41) is 17.7. The van der Waals surface area contributed by atoms with Crippen LogP contribution in [0.5, 0.6) is 0 Å². The molecule has 1 aromatic rings. The minimum Gasteiger partial charge on any atom is -0.476 e. The molecule has 18 heavy (non-hydrogen) atoms. The molecule has 0 fully saturated rings. The Hall–Kier alpha value is -1.03. The first-order valence-electron chi connectivity index (χ1n) is 5.23. The van der Waals surface area contributed by atoms with Gasteiger partial charge in [-0.15, -0.1) is 11.3 Å². The maximum atomic E-state index is 12.2. The minimum atomic E-state index is -3.91. The van der Waals surface area contributed by atoms with Crippen molar-refractivity contribution in [2.75, 3.05) is 19.7 Å². The second-order valence-electron chi connectivity index (χ2n) is 3.42. The highest BCUT2D eigenvalue weighted by molar-refractivity contribution is 7.91. The molecule has 0 unspecified atom stereocenters. The first kappa shape index (κ1) is 15.0. The number of aromatic nitrogens is 1. The van der Waals surface area contributed by atoms with Gasteiger partial charge in [-0.3, -0.25) is 0 Å². The van der Waals surface area contributed by atoms with Gasteiger partial charge in [0, 0.05) is 13.1 Å². The van der Waals surface area contributed by atoms with Crippen molar-refractivity contribution < 1.29 is 23.4 Å². The van der Waals surface area contributed by atoms with Gasteiger partial charge in [0.1, 0.15) is 0 Å². The smallest absolute Gasteiger partial charge is 0.356 e. The molecule has 1 aromatic heterocycles. The van der Waals surface area contributed by atoms with Gasteiger partial charge >= 0.3 is 5.97 Å². The van der Waals surface area contributed by atoms with E-state index in [-0.39, 0.29) is 23.9 Å². The zero-order valence-corrected chi connectivity index (χ0v) is 11.4. The summed E-state index contributed by atoms with van der Waals surface area (Å²) in [6.07, 6.45) is 0.570. The average Bonchev–Trinajstić information content (AvgIpc) is 2.78. The standard InChI is InChI=1S/C9H14N2O5S2/c1-2-3-11(4-5-12)18(15,16)9-7(8(13)14)10-6-17-9/h6,12H,2-5H2,1H3,(H,13,14). The highest BCUT2D eigenvalue weighted by atomic mass is 32.2. The van der Waals surface area contributed by atoms with Crippen molar-refractivity contribution in [3.05, 3.63) is 11.2 Å². The zero-order chi connectivity index (χ0) is 13.8. The molecule has 0 amide bonds. The van der Waals surface area contributed by atoms with E-state index in [1.165, 1.54) is 5.51 Å². The Kier molecular flexibility index (Phi) is 5.20. The van der Waals surface area contributed by atoms with Crippen LogP contribution in [0.1, 0.15) is 23.8 Å². The molecular weight excluding hydrogens is 280 g/mol. The lowest BCUT2D eigenvalue weighted by Crippen LogP contribution is -2.34. The number of carboxylic acids is 1. The molecule has 0 aliphatic rings. The second kappa shape index (κ2) is 6.23. The van der Waals surface area contributed by atoms with E-state index < -0.39 is 21.7 Å². The number of carbonyl (C=O) groups is 1. The van der Waals surface area contributed by atoms with Gasteiger partial charge in [-0.25, -0.2) is 18.2 Å². The first-order valence-corrected chi connectivity index (χ1v) is 7.54. The molecule has 102 valence electrons. The fraction of sp³-hybridized carbons (Fsp3) is 0.556. The van der Waals surface area contributed by atoms with Crippen LogP contribution in [-0.2, 0) is 10.0 Å².